The molecule has 8 heteroatoms. The first-order valence-electron chi connectivity index (χ1n) is 7.57. The van der Waals surface area contributed by atoms with Crippen LogP contribution in [0.3, 0.4) is 0 Å². The van der Waals surface area contributed by atoms with Gasteiger partial charge >= 0.3 is 0 Å². The monoisotopic (exact) mass is 364 g/mol. The van der Waals surface area contributed by atoms with Crippen molar-refractivity contribution in [3.8, 4) is 11.5 Å². The number of benzene rings is 2. The molecule has 0 heterocycles. The third kappa shape index (κ3) is 4.49. The topological polar surface area (TPSA) is 93.7 Å². The molecule has 2 rings (SSSR count). The lowest BCUT2D eigenvalue weighted by molar-refractivity contribution is 0.102. The summed E-state index contributed by atoms with van der Waals surface area (Å²) in [4.78, 5) is 12.3. The first-order valence-corrected chi connectivity index (χ1v) is 9.05. The Bertz CT molecular complexity index is 848. The lowest BCUT2D eigenvalue weighted by Gasteiger charge is -2.11. The van der Waals surface area contributed by atoms with Crippen molar-refractivity contribution in [2.45, 2.75) is 11.8 Å². The summed E-state index contributed by atoms with van der Waals surface area (Å²) < 4.78 is 36.8. The highest BCUT2D eigenvalue weighted by Crippen LogP contribution is 2.25. The number of amides is 1. The minimum absolute atomic E-state index is 0.100. The van der Waals surface area contributed by atoms with Crippen molar-refractivity contribution in [2.24, 2.45) is 0 Å². The van der Waals surface area contributed by atoms with E-state index < -0.39 is 15.9 Å². The first-order chi connectivity index (χ1) is 11.9. The quantitative estimate of drug-likeness (QED) is 0.786. The molecule has 0 saturated heterocycles. The molecule has 0 radical (unpaired) electrons. The molecule has 2 aromatic carbocycles. The van der Waals surface area contributed by atoms with Crippen LogP contribution in [0.1, 0.15) is 17.3 Å². The fourth-order valence-corrected chi connectivity index (χ4v) is 3.06. The minimum Gasteiger partial charge on any atom is -0.495 e. The Morgan fingerprint density at radius 1 is 1.12 bits per heavy atom. The Morgan fingerprint density at radius 3 is 2.36 bits per heavy atom. The van der Waals surface area contributed by atoms with Gasteiger partial charge in [0.25, 0.3) is 5.91 Å². The van der Waals surface area contributed by atoms with E-state index in [1.165, 1.54) is 32.4 Å². The molecule has 0 spiro atoms. The number of sulfonamides is 1. The Balaban J connectivity index is 2.26. The summed E-state index contributed by atoms with van der Waals surface area (Å²) in [5.41, 5.74) is 0.769. The number of nitrogens with one attached hydrogen (secondary N) is 2. The SMILES string of the molecule is CCOc1ccc(NC(=O)c2ccc(OC)c(S(=O)(=O)NC)c2)cc1. The Morgan fingerprint density at radius 2 is 1.80 bits per heavy atom. The van der Waals surface area contributed by atoms with Crippen molar-refractivity contribution in [2.75, 3.05) is 26.1 Å². The number of carbonyl (C=O) groups excluding carboxylic acids is 1. The maximum absolute atomic E-state index is 12.4. The van der Waals surface area contributed by atoms with Gasteiger partial charge in [0.05, 0.1) is 13.7 Å². The first kappa shape index (κ1) is 18.8. The second-order valence-electron chi connectivity index (χ2n) is 4.98. The molecule has 0 bridgehead atoms. The molecule has 2 N–H and O–H groups in total. The van der Waals surface area contributed by atoms with Gasteiger partial charge in [-0.1, -0.05) is 0 Å². The van der Waals surface area contributed by atoms with Crippen LogP contribution >= 0.6 is 0 Å². The third-order valence-electron chi connectivity index (χ3n) is 3.41. The number of anilines is 1. The summed E-state index contributed by atoms with van der Waals surface area (Å²) in [6.45, 7) is 2.44. The largest absolute Gasteiger partial charge is 0.495 e. The number of rotatable bonds is 7. The molecule has 0 aliphatic heterocycles. The van der Waals surface area contributed by atoms with Crippen LogP contribution in [0, 0.1) is 0 Å². The van der Waals surface area contributed by atoms with Crippen molar-refractivity contribution in [3.05, 3.63) is 48.0 Å². The van der Waals surface area contributed by atoms with Gasteiger partial charge in [0.15, 0.2) is 0 Å². The number of methoxy groups -OCH3 is 1. The minimum atomic E-state index is -3.75. The molecular formula is C17H20N2O5S. The normalized spacial score (nSPS) is 11.0. The Labute approximate surface area is 147 Å². The molecule has 0 fully saturated rings. The van der Waals surface area contributed by atoms with Gasteiger partial charge in [-0.3, -0.25) is 4.79 Å². The number of ether oxygens (including phenoxy) is 2. The van der Waals surface area contributed by atoms with Crippen molar-refractivity contribution in [1.82, 2.24) is 4.72 Å². The van der Waals surface area contributed by atoms with Crippen molar-refractivity contribution >= 4 is 21.6 Å². The molecular weight excluding hydrogens is 344 g/mol. The molecule has 7 nitrogen and oxygen atoms in total. The van der Waals surface area contributed by atoms with Crippen LogP contribution in [0.5, 0.6) is 11.5 Å². The van der Waals surface area contributed by atoms with Crippen LogP contribution in [0.25, 0.3) is 0 Å². The van der Waals surface area contributed by atoms with E-state index in [4.69, 9.17) is 9.47 Å². The van der Waals surface area contributed by atoms with Crippen molar-refractivity contribution in [1.29, 1.82) is 0 Å². The molecule has 25 heavy (non-hydrogen) atoms. The smallest absolute Gasteiger partial charge is 0.255 e. The van der Waals surface area contributed by atoms with Gasteiger partial charge in [-0.05, 0) is 56.4 Å². The van der Waals surface area contributed by atoms with E-state index in [1.54, 1.807) is 24.3 Å². The van der Waals surface area contributed by atoms with E-state index in [9.17, 15) is 13.2 Å². The van der Waals surface area contributed by atoms with Crippen LogP contribution in [-0.2, 0) is 10.0 Å². The molecule has 0 aliphatic rings. The summed E-state index contributed by atoms with van der Waals surface area (Å²) in [7, 11) is -1.10. The molecule has 0 saturated carbocycles. The predicted octanol–water partition coefficient (Wildman–Crippen LogP) is 2.25. The summed E-state index contributed by atoms with van der Waals surface area (Å²) in [6.07, 6.45) is 0. The maximum atomic E-state index is 12.4. The van der Waals surface area contributed by atoms with E-state index in [0.29, 0.717) is 18.0 Å². The zero-order chi connectivity index (χ0) is 18.4. The molecule has 0 atom stereocenters. The van der Waals surface area contributed by atoms with Gasteiger partial charge in [-0.25, -0.2) is 13.1 Å². The Hall–Kier alpha value is -2.58. The highest BCUT2D eigenvalue weighted by molar-refractivity contribution is 7.89. The zero-order valence-electron chi connectivity index (χ0n) is 14.2. The summed E-state index contributed by atoms with van der Waals surface area (Å²) in [5, 5.41) is 2.71. The van der Waals surface area contributed by atoms with Gasteiger partial charge in [0.1, 0.15) is 16.4 Å². The maximum Gasteiger partial charge on any atom is 0.255 e. The number of hydrogen-bond donors (Lipinski definition) is 2. The van der Waals surface area contributed by atoms with Crippen LogP contribution in [-0.4, -0.2) is 35.1 Å². The van der Waals surface area contributed by atoms with Crippen molar-refractivity contribution in [3.63, 3.8) is 0 Å². The molecule has 0 aliphatic carbocycles. The lowest BCUT2D eigenvalue weighted by atomic mass is 10.2. The summed E-state index contributed by atoms with van der Waals surface area (Å²) >= 11 is 0. The molecule has 2 aromatic rings. The van der Waals surface area contributed by atoms with Gasteiger partial charge in [0, 0.05) is 11.3 Å². The highest BCUT2D eigenvalue weighted by atomic mass is 32.2. The fourth-order valence-electron chi connectivity index (χ4n) is 2.14. The second-order valence-corrected chi connectivity index (χ2v) is 6.84. The average molecular weight is 364 g/mol. The molecule has 0 unspecified atom stereocenters. The van der Waals surface area contributed by atoms with E-state index in [1.807, 2.05) is 6.92 Å². The van der Waals surface area contributed by atoms with E-state index in [0.717, 1.165) is 0 Å². The Kier molecular flexibility index (Phi) is 6.00. The van der Waals surface area contributed by atoms with Gasteiger partial charge in [0.2, 0.25) is 10.0 Å². The van der Waals surface area contributed by atoms with Crippen molar-refractivity contribution < 1.29 is 22.7 Å². The van der Waals surface area contributed by atoms with Gasteiger partial charge in [-0.2, -0.15) is 0 Å². The predicted molar refractivity (Wildman–Crippen MR) is 94.8 cm³/mol. The average Bonchev–Trinajstić information content (AvgIpc) is 2.63. The zero-order valence-corrected chi connectivity index (χ0v) is 15.0. The summed E-state index contributed by atoms with van der Waals surface area (Å²) in [6, 6.07) is 11.1. The lowest BCUT2D eigenvalue weighted by Crippen LogP contribution is -2.20. The summed E-state index contributed by atoms with van der Waals surface area (Å²) in [5.74, 6) is 0.429. The standard InChI is InChI=1S/C17H20N2O5S/c1-4-24-14-8-6-13(7-9-14)19-17(20)12-5-10-15(23-3)16(11-12)25(21,22)18-2/h5-11,18H,4H2,1-3H3,(H,19,20). The molecule has 1 amide bonds. The van der Waals surface area contributed by atoms with E-state index >= 15 is 0 Å². The van der Waals surface area contributed by atoms with Gasteiger partial charge in [-0.15, -0.1) is 0 Å². The highest BCUT2D eigenvalue weighted by Gasteiger charge is 2.20. The van der Waals surface area contributed by atoms with Crippen LogP contribution in [0.4, 0.5) is 5.69 Å². The number of carbonyl (C=O) groups is 1. The van der Waals surface area contributed by atoms with Crippen LogP contribution < -0.4 is 19.5 Å². The van der Waals surface area contributed by atoms with E-state index in [2.05, 4.69) is 10.0 Å². The van der Waals surface area contributed by atoms with Crippen LogP contribution in [0.15, 0.2) is 47.4 Å². The van der Waals surface area contributed by atoms with Crippen LogP contribution in [0.2, 0.25) is 0 Å². The molecule has 134 valence electrons. The van der Waals surface area contributed by atoms with E-state index in [-0.39, 0.29) is 16.2 Å². The second kappa shape index (κ2) is 8.00. The molecule has 0 aromatic heterocycles. The fraction of sp³-hybridized carbons (Fsp3) is 0.235. The third-order valence-corrected chi connectivity index (χ3v) is 4.84. The van der Waals surface area contributed by atoms with Gasteiger partial charge < -0.3 is 14.8 Å². The number of hydrogen-bond acceptors (Lipinski definition) is 5.